The number of carbonyl (C=O) groups excluding carboxylic acids is 1. The molecule has 0 spiro atoms. The van der Waals surface area contributed by atoms with Crippen molar-refractivity contribution in [1.29, 1.82) is 0 Å². The first-order chi connectivity index (χ1) is 13.3. The minimum absolute atomic E-state index is 0.0988. The summed E-state index contributed by atoms with van der Waals surface area (Å²) in [7, 11) is 0. The van der Waals surface area contributed by atoms with Crippen LogP contribution in [0.1, 0.15) is 9.67 Å². The molecule has 27 heavy (non-hydrogen) atoms. The Hall–Kier alpha value is -3.44. The van der Waals surface area contributed by atoms with Gasteiger partial charge in [0.1, 0.15) is 5.82 Å². The maximum atomic E-state index is 12.6. The largest absolute Gasteiger partial charge is 0.338 e. The summed E-state index contributed by atoms with van der Waals surface area (Å²) in [6.07, 6.45) is 0. The summed E-state index contributed by atoms with van der Waals surface area (Å²) in [4.78, 5) is 21.3. The van der Waals surface area contributed by atoms with Crippen LogP contribution >= 0.6 is 11.3 Å². The molecule has 0 aliphatic heterocycles. The van der Waals surface area contributed by atoms with Crippen molar-refractivity contribution in [3.05, 3.63) is 83.7 Å². The molecular formula is C22H15N3OS. The predicted molar refractivity (Wildman–Crippen MR) is 111 cm³/mol. The maximum absolute atomic E-state index is 12.6. The van der Waals surface area contributed by atoms with Crippen molar-refractivity contribution in [3.8, 4) is 11.4 Å². The summed E-state index contributed by atoms with van der Waals surface area (Å²) < 4.78 is 1.11. The quantitative estimate of drug-likeness (QED) is 0.429. The number of hydrogen-bond donors (Lipinski definition) is 2. The van der Waals surface area contributed by atoms with Crippen LogP contribution in [0.5, 0.6) is 0 Å². The van der Waals surface area contributed by atoms with E-state index in [1.807, 2.05) is 78.9 Å². The fourth-order valence-electron chi connectivity index (χ4n) is 3.11. The summed E-state index contributed by atoms with van der Waals surface area (Å²) >= 11 is 1.50. The third-order valence-corrected chi connectivity index (χ3v) is 5.55. The fraction of sp³-hybridized carbons (Fsp3) is 0. The van der Waals surface area contributed by atoms with Crippen molar-refractivity contribution in [1.82, 2.24) is 9.97 Å². The molecule has 4 nitrogen and oxygen atoms in total. The number of anilines is 1. The van der Waals surface area contributed by atoms with E-state index in [9.17, 15) is 4.79 Å². The first-order valence-electron chi connectivity index (χ1n) is 8.61. The molecule has 2 aromatic heterocycles. The molecule has 0 fully saturated rings. The maximum Gasteiger partial charge on any atom is 0.265 e. The monoisotopic (exact) mass is 369 g/mol. The molecule has 0 unspecified atom stereocenters. The van der Waals surface area contributed by atoms with E-state index >= 15 is 0 Å². The number of nitrogens with one attached hydrogen (secondary N) is 2. The summed E-state index contributed by atoms with van der Waals surface area (Å²) in [6, 6.07) is 25.6. The van der Waals surface area contributed by atoms with Crippen LogP contribution in [0.25, 0.3) is 32.5 Å². The van der Waals surface area contributed by atoms with Crippen molar-refractivity contribution in [2.75, 3.05) is 5.32 Å². The number of rotatable bonds is 3. The van der Waals surface area contributed by atoms with E-state index < -0.39 is 0 Å². The number of fused-ring (bicyclic) bond motifs is 2. The number of nitrogens with zero attached hydrogens (tertiary/aromatic N) is 1. The van der Waals surface area contributed by atoms with Gasteiger partial charge in [-0.15, -0.1) is 11.3 Å². The van der Waals surface area contributed by atoms with Crippen LogP contribution in [0.2, 0.25) is 0 Å². The lowest BCUT2D eigenvalue weighted by Crippen LogP contribution is -2.09. The zero-order valence-corrected chi connectivity index (χ0v) is 15.1. The molecule has 0 aliphatic rings. The van der Waals surface area contributed by atoms with E-state index in [0.717, 1.165) is 38.2 Å². The Morgan fingerprint density at radius 3 is 2.59 bits per heavy atom. The number of hydrogen-bond acceptors (Lipinski definition) is 3. The van der Waals surface area contributed by atoms with E-state index in [1.54, 1.807) is 0 Å². The van der Waals surface area contributed by atoms with Crippen LogP contribution in [0.4, 0.5) is 5.69 Å². The van der Waals surface area contributed by atoms with E-state index in [1.165, 1.54) is 11.3 Å². The molecule has 130 valence electrons. The molecule has 5 heteroatoms. The Labute approximate surface area is 159 Å². The van der Waals surface area contributed by atoms with Crippen molar-refractivity contribution in [2.45, 2.75) is 0 Å². The van der Waals surface area contributed by atoms with Gasteiger partial charge >= 0.3 is 0 Å². The van der Waals surface area contributed by atoms with E-state index in [0.29, 0.717) is 4.88 Å². The number of aromatic amines is 1. The molecule has 0 bridgehead atoms. The van der Waals surface area contributed by atoms with Crippen LogP contribution in [0, 0.1) is 0 Å². The summed E-state index contributed by atoms with van der Waals surface area (Å²) in [6.45, 7) is 0. The number of amides is 1. The zero-order chi connectivity index (χ0) is 18.2. The van der Waals surface area contributed by atoms with Gasteiger partial charge in [-0.25, -0.2) is 4.98 Å². The molecule has 1 amide bonds. The first kappa shape index (κ1) is 15.8. The minimum atomic E-state index is -0.0988. The van der Waals surface area contributed by atoms with Gasteiger partial charge in [-0.05, 0) is 35.7 Å². The lowest BCUT2D eigenvalue weighted by Gasteiger charge is -2.03. The third-order valence-electron chi connectivity index (χ3n) is 4.44. The van der Waals surface area contributed by atoms with Gasteiger partial charge in [-0.3, -0.25) is 4.79 Å². The van der Waals surface area contributed by atoms with Gasteiger partial charge in [0.15, 0.2) is 0 Å². The number of H-pyrrole nitrogens is 1. The molecular weight excluding hydrogens is 354 g/mol. The number of carbonyl (C=O) groups is 1. The Kier molecular flexibility index (Phi) is 3.73. The number of thiophene rings is 1. The van der Waals surface area contributed by atoms with Gasteiger partial charge < -0.3 is 10.3 Å². The second-order valence-corrected chi connectivity index (χ2v) is 7.37. The second-order valence-electron chi connectivity index (χ2n) is 6.29. The minimum Gasteiger partial charge on any atom is -0.338 e. The highest BCUT2D eigenvalue weighted by Gasteiger charge is 2.12. The topological polar surface area (TPSA) is 57.8 Å². The number of aromatic nitrogens is 2. The predicted octanol–water partition coefficient (Wildman–Crippen LogP) is 5.70. The van der Waals surface area contributed by atoms with Gasteiger partial charge in [0, 0.05) is 16.0 Å². The van der Waals surface area contributed by atoms with Crippen molar-refractivity contribution >= 4 is 44.1 Å². The molecule has 0 atom stereocenters. The Morgan fingerprint density at radius 1 is 0.926 bits per heavy atom. The summed E-state index contributed by atoms with van der Waals surface area (Å²) in [5.41, 5.74) is 3.54. The standard InChI is InChI=1S/C22H15N3OS/c26-22(20-12-15-8-4-5-9-19(15)27-20)23-16-10-11-17-18(13-16)25-21(24-17)14-6-2-1-3-7-14/h1-13H,(H,23,26)(H,24,25). The van der Waals surface area contributed by atoms with E-state index in [2.05, 4.69) is 15.3 Å². The Bertz CT molecular complexity index is 1240. The number of benzene rings is 3. The van der Waals surface area contributed by atoms with Crippen molar-refractivity contribution < 1.29 is 4.79 Å². The van der Waals surface area contributed by atoms with E-state index in [-0.39, 0.29) is 5.91 Å². The van der Waals surface area contributed by atoms with Crippen LogP contribution in [0.15, 0.2) is 78.9 Å². The van der Waals surface area contributed by atoms with Crippen molar-refractivity contribution in [2.24, 2.45) is 0 Å². The highest BCUT2D eigenvalue weighted by atomic mass is 32.1. The normalized spacial score (nSPS) is 11.1. The van der Waals surface area contributed by atoms with E-state index in [4.69, 9.17) is 0 Å². The van der Waals surface area contributed by atoms with Crippen LogP contribution in [-0.4, -0.2) is 15.9 Å². The van der Waals surface area contributed by atoms with Crippen LogP contribution in [-0.2, 0) is 0 Å². The molecule has 2 N–H and O–H groups in total. The SMILES string of the molecule is O=C(Nc1ccc2nc(-c3ccccc3)[nH]c2c1)c1cc2ccccc2s1. The smallest absolute Gasteiger partial charge is 0.265 e. The fourth-order valence-corrected chi connectivity index (χ4v) is 4.06. The zero-order valence-electron chi connectivity index (χ0n) is 14.3. The third kappa shape index (κ3) is 2.98. The molecule has 0 saturated heterocycles. The molecule has 5 aromatic rings. The average Bonchev–Trinajstić information content (AvgIpc) is 3.32. The molecule has 0 radical (unpaired) electrons. The highest BCUT2D eigenvalue weighted by Crippen LogP contribution is 2.27. The van der Waals surface area contributed by atoms with Crippen LogP contribution < -0.4 is 5.32 Å². The molecule has 5 rings (SSSR count). The summed E-state index contributed by atoms with van der Waals surface area (Å²) in [5, 5.41) is 4.07. The number of imidazole rings is 1. The van der Waals surface area contributed by atoms with Gasteiger partial charge in [-0.1, -0.05) is 48.5 Å². The van der Waals surface area contributed by atoms with Gasteiger partial charge in [0.2, 0.25) is 0 Å². The van der Waals surface area contributed by atoms with Gasteiger partial charge in [-0.2, -0.15) is 0 Å². The van der Waals surface area contributed by atoms with Gasteiger partial charge in [0.25, 0.3) is 5.91 Å². The van der Waals surface area contributed by atoms with Crippen LogP contribution in [0.3, 0.4) is 0 Å². The second kappa shape index (κ2) is 6.37. The Balaban J connectivity index is 1.43. The lowest BCUT2D eigenvalue weighted by atomic mass is 10.2. The Morgan fingerprint density at radius 2 is 1.74 bits per heavy atom. The average molecular weight is 369 g/mol. The molecule has 0 saturated carbocycles. The lowest BCUT2D eigenvalue weighted by molar-refractivity contribution is 0.103. The molecule has 0 aliphatic carbocycles. The highest BCUT2D eigenvalue weighted by molar-refractivity contribution is 7.20. The first-order valence-corrected chi connectivity index (χ1v) is 9.43. The van der Waals surface area contributed by atoms with Crippen molar-refractivity contribution in [3.63, 3.8) is 0 Å². The summed E-state index contributed by atoms with van der Waals surface area (Å²) in [5.74, 6) is 0.719. The van der Waals surface area contributed by atoms with Gasteiger partial charge in [0.05, 0.1) is 15.9 Å². The molecule has 2 heterocycles. The molecule has 3 aromatic carbocycles.